The second-order valence-electron chi connectivity index (χ2n) is 2.67. The van der Waals surface area contributed by atoms with E-state index < -0.39 is 0 Å². The third kappa shape index (κ3) is 6.80. The van der Waals surface area contributed by atoms with E-state index in [1.807, 2.05) is 12.1 Å². The molecular formula is C12H12O2Ta. The number of phenols is 2. The SMILES string of the molecule is Oc1ccccc1.Oc1ccccc1.[Ta]. The van der Waals surface area contributed by atoms with Gasteiger partial charge in [0.25, 0.3) is 0 Å². The molecule has 2 aromatic carbocycles. The van der Waals surface area contributed by atoms with Crippen LogP contribution in [0.5, 0.6) is 11.5 Å². The topological polar surface area (TPSA) is 40.5 Å². The number of hydrogen-bond acceptors (Lipinski definition) is 2. The van der Waals surface area contributed by atoms with Gasteiger partial charge in [0.2, 0.25) is 0 Å². The molecule has 0 aliphatic carbocycles. The maximum Gasteiger partial charge on any atom is 0.115 e. The molecule has 0 atom stereocenters. The van der Waals surface area contributed by atoms with Gasteiger partial charge in [-0.1, -0.05) is 36.4 Å². The van der Waals surface area contributed by atoms with E-state index in [1.165, 1.54) is 0 Å². The number of phenolic OH excluding ortho intramolecular Hbond substituents is 2. The molecule has 2 N–H and O–H groups in total. The van der Waals surface area contributed by atoms with E-state index in [1.54, 1.807) is 48.5 Å². The summed E-state index contributed by atoms with van der Waals surface area (Å²) in [6.45, 7) is 0. The minimum absolute atomic E-state index is 0. The van der Waals surface area contributed by atoms with Crippen LogP contribution in [-0.4, -0.2) is 10.2 Å². The molecule has 0 aromatic heterocycles. The number of rotatable bonds is 0. The Morgan fingerprint density at radius 1 is 0.533 bits per heavy atom. The number of para-hydroxylation sites is 2. The molecule has 0 saturated heterocycles. The van der Waals surface area contributed by atoms with Crippen molar-refractivity contribution >= 4 is 0 Å². The third-order valence-corrected chi connectivity index (χ3v) is 1.51. The van der Waals surface area contributed by atoms with Crippen molar-refractivity contribution in [2.24, 2.45) is 0 Å². The summed E-state index contributed by atoms with van der Waals surface area (Å²) in [6, 6.07) is 17.4. The van der Waals surface area contributed by atoms with Gasteiger partial charge < -0.3 is 10.2 Å². The Morgan fingerprint density at radius 3 is 0.933 bits per heavy atom. The van der Waals surface area contributed by atoms with Gasteiger partial charge >= 0.3 is 0 Å². The standard InChI is InChI=1S/2C6H6O.Ta/c2*7-6-4-2-1-3-5-6;/h2*1-5,7H;. The molecule has 1 radical (unpaired) electrons. The minimum atomic E-state index is 0. The fourth-order valence-corrected chi connectivity index (χ4v) is 0.856. The first-order chi connectivity index (χ1) is 6.79. The quantitative estimate of drug-likeness (QED) is 0.750. The Morgan fingerprint density at radius 2 is 0.800 bits per heavy atom. The molecule has 15 heavy (non-hydrogen) atoms. The number of hydrogen-bond donors (Lipinski definition) is 2. The summed E-state index contributed by atoms with van der Waals surface area (Å²) in [4.78, 5) is 0. The van der Waals surface area contributed by atoms with Crippen LogP contribution < -0.4 is 0 Å². The van der Waals surface area contributed by atoms with Gasteiger partial charge in [-0.2, -0.15) is 0 Å². The van der Waals surface area contributed by atoms with E-state index in [0.29, 0.717) is 11.5 Å². The van der Waals surface area contributed by atoms with Crippen molar-refractivity contribution in [3.05, 3.63) is 60.7 Å². The Hall–Kier alpha value is -1.22. The summed E-state index contributed by atoms with van der Waals surface area (Å²) >= 11 is 0. The van der Waals surface area contributed by atoms with E-state index in [0.717, 1.165) is 0 Å². The first-order valence-corrected chi connectivity index (χ1v) is 4.27. The van der Waals surface area contributed by atoms with Crippen LogP contribution in [0.1, 0.15) is 0 Å². The molecule has 3 heteroatoms. The average Bonchev–Trinajstić information content (AvgIpc) is 2.21. The van der Waals surface area contributed by atoms with Crippen LogP contribution in [0.25, 0.3) is 0 Å². The van der Waals surface area contributed by atoms with Gasteiger partial charge in [-0.25, -0.2) is 0 Å². The molecule has 0 aliphatic heterocycles. The van der Waals surface area contributed by atoms with Crippen molar-refractivity contribution in [1.82, 2.24) is 0 Å². The maximum absolute atomic E-state index is 8.63. The van der Waals surface area contributed by atoms with E-state index in [-0.39, 0.29) is 22.4 Å². The van der Waals surface area contributed by atoms with E-state index in [9.17, 15) is 0 Å². The monoisotopic (exact) mass is 369 g/mol. The second kappa shape index (κ2) is 8.12. The molecule has 0 bridgehead atoms. The molecule has 0 heterocycles. The summed E-state index contributed by atoms with van der Waals surface area (Å²) < 4.78 is 0. The number of benzene rings is 2. The average molecular weight is 369 g/mol. The smallest absolute Gasteiger partial charge is 0.115 e. The molecule has 0 saturated carbocycles. The van der Waals surface area contributed by atoms with E-state index in [2.05, 4.69) is 0 Å². The fourth-order valence-electron chi connectivity index (χ4n) is 0.856. The zero-order chi connectivity index (χ0) is 10.2. The molecule has 0 unspecified atom stereocenters. The number of aromatic hydroxyl groups is 2. The van der Waals surface area contributed by atoms with Crippen LogP contribution in [0.2, 0.25) is 0 Å². The summed E-state index contributed by atoms with van der Waals surface area (Å²) in [5, 5.41) is 17.3. The van der Waals surface area contributed by atoms with Crippen molar-refractivity contribution in [2.75, 3.05) is 0 Å². The van der Waals surface area contributed by atoms with Crippen LogP contribution in [0.4, 0.5) is 0 Å². The molecule has 0 spiro atoms. The maximum atomic E-state index is 8.63. The summed E-state index contributed by atoms with van der Waals surface area (Å²) in [7, 11) is 0. The zero-order valence-electron chi connectivity index (χ0n) is 8.12. The second-order valence-corrected chi connectivity index (χ2v) is 2.67. The van der Waals surface area contributed by atoms with Crippen LogP contribution in [0.15, 0.2) is 60.7 Å². The van der Waals surface area contributed by atoms with Crippen molar-refractivity contribution in [1.29, 1.82) is 0 Å². The van der Waals surface area contributed by atoms with Gasteiger partial charge in [-0.05, 0) is 24.3 Å². The summed E-state index contributed by atoms with van der Waals surface area (Å²) in [5.74, 6) is 0.644. The Balaban J connectivity index is 0.000000245. The summed E-state index contributed by atoms with van der Waals surface area (Å²) in [6.07, 6.45) is 0. The predicted octanol–water partition coefficient (Wildman–Crippen LogP) is 2.78. The largest absolute Gasteiger partial charge is 0.508 e. The molecule has 0 amide bonds. The van der Waals surface area contributed by atoms with Gasteiger partial charge in [0.05, 0.1) is 0 Å². The molecule has 77 valence electrons. The van der Waals surface area contributed by atoms with Crippen LogP contribution >= 0.6 is 0 Å². The molecule has 0 aliphatic rings. The van der Waals surface area contributed by atoms with Gasteiger partial charge in [-0.15, -0.1) is 0 Å². The van der Waals surface area contributed by atoms with Crippen LogP contribution in [0, 0.1) is 0 Å². The normalized spacial score (nSPS) is 8.00. The first-order valence-electron chi connectivity index (χ1n) is 4.27. The van der Waals surface area contributed by atoms with Gasteiger partial charge in [0.1, 0.15) is 11.5 Å². The van der Waals surface area contributed by atoms with Crippen molar-refractivity contribution < 1.29 is 32.6 Å². The van der Waals surface area contributed by atoms with Crippen LogP contribution in [0.3, 0.4) is 0 Å². The van der Waals surface area contributed by atoms with Crippen LogP contribution in [-0.2, 0) is 22.4 Å². The van der Waals surface area contributed by atoms with Gasteiger partial charge in [0, 0.05) is 22.4 Å². The zero-order valence-corrected chi connectivity index (χ0v) is 11.3. The van der Waals surface area contributed by atoms with Crippen molar-refractivity contribution in [3.8, 4) is 11.5 Å². The van der Waals surface area contributed by atoms with Crippen molar-refractivity contribution in [3.63, 3.8) is 0 Å². The summed E-state index contributed by atoms with van der Waals surface area (Å²) in [5.41, 5.74) is 0. The molecule has 2 nitrogen and oxygen atoms in total. The Bertz CT molecular complexity index is 311. The van der Waals surface area contributed by atoms with Crippen molar-refractivity contribution in [2.45, 2.75) is 0 Å². The molecule has 2 aromatic rings. The Labute approximate surface area is 105 Å². The van der Waals surface area contributed by atoms with E-state index in [4.69, 9.17) is 10.2 Å². The Kier molecular flexibility index (Phi) is 7.46. The first kappa shape index (κ1) is 13.8. The molecule has 2 rings (SSSR count). The van der Waals surface area contributed by atoms with E-state index >= 15 is 0 Å². The van der Waals surface area contributed by atoms with Gasteiger partial charge in [-0.3, -0.25) is 0 Å². The fraction of sp³-hybridized carbons (Fsp3) is 0. The van der Waals surface area contributed by atoms with Gasteiger partial charge in [0.15, 0.2) is 0 Å². The third-order valence-electron chi connectivity index (χ3n) is 1.51. The minimum Gasteiger partial charge on any atom is -0.508 e. The molecule has 0 fully saturated rings. The molecular weight excluding hydrogens is 357 g/mol. The predicted molar refractivity (Wildman–Crippen MR) is 56.2 cm³/mol.